The number of nitrogens with one attached hydrogen (secondary N) is 2. The Balaban J connectivity index is 2.82. The van der Waals surface area contributed by atoms with Gasteiger partial charge >= 0.3 is 0 Å². The van der Waals surface area contributed by atoms with Gasteiger partial charge in [0.25, 0.3) is 5.91 Å². The molecule has 0 bridgehead atoms. The lowest BCUT2D eigenvalue weighted by Crippen LogP contribution is -2.45. The quantitative estimate of drug-likeness (QED) is 0.763. The molecule has 0 unspecified atom stereocenters. The van der Waals surface area contributed by atoms with Crippen molar-refractivity contribution < 1.29 is 14.4 Å². The second kappa shape index (κ2) is 8.73. The van der Waals surface area contributed by atoms with Crippen molar-refractivity contribution in [1.82, 2.24) is 15.5 Å². The molecule has 6 nitrogen and oxygen atoms in total. The summed E-state index contributed by atoms with van der Waals surface area (Å²) in [5, 5.41) is 5.25. The Morgan fingerprint density at radius 3 is 1.81 bits per heavy atom. The normalized spacial score (nSPS) is 9.81. The Morgan fingerprint density at radius 2 is 1.38 bits per heavy atom. The van der Waals surface area contributed by atoms with Gasteiger partial charge in [-0.25, -0.2) is 0 Å². The largest absolute Gasteiger partial charge is 0.355 e. The molecule has 3 amide bonds. The molecule has 2 N–H and O–H groups in total. The summed E-state index contributed by atoms with van der Waals surface area (Å²) in [6, 6.07) is 8.59. The van der Waals surface area contributed by atoms with Crippen LogP contribution in [-0.2, 0) is 9.59 Å². The number of likely N-dealkylation sites (N-methyl/N-ethyl adjacent to an activating group) is 2. The number of amides is 3. The molecule has 0 saturated carbocycles. The number of benzene rings is 1. The van der Waals surface area contributed by atoms with Gasteiger partial charge in [-0.1, -0.05) is 18.2 Å². The lowest BCUT2D eigenvalue weighted by Gasteiger charge is -2.21. The molecule has 114 valence electrons. The predicted molar refractivity (Wildman–Crippen MR) is 79.7 cm³/mol. The van der Waals surface area contributed by atoms with Gasteiger partial charge in [0, 0.05) is 18.7 Å². The van der Waals surface area contributed by atoms with Crippen LogP contribution in [0.15, 0.2) is 30.3 Å². The van der Waals surface area contributed by atoms with Gasteiger partial charge in [0.15, 0.2) is 0 Å². The third kappa shape index (κ3) is 5.64. The van der Waals surface area contributed by atoms with Gasteiger partial charge in [-0.3, -0.25) is 14.4 Å². The van der Waals surface area contributed by atoms with Crippen molar-refractivity contribution in [3.8, 4) is 0 Å². The molecule has 1 rings (SSSR count). The van der Waals surface area contributed by atoms with Gasteiger partial charge < -0.3 is 15.5 Å². The minimum atomic E-state index is -0.340. The van der Waals surface area contributed by atoms with Crippen LogP contribution in [0.25, 0.3) is 0 Å². The van der Waals surface area contributed by atoms with E-state index in [1.807, 2.05) is 0 Å². The first-order valence-corrected chi connectivity index (χ1v) is 6.96. The molecule has 0 aromatic heterocycles. The molecule has 0 aliphatic carbocycles. The highest BCUT2D eigenvalue weighted by atomic mass is 16.2. The van der Waals surface area contributed by atoms with E-state index in [9.17, 15) is 14.4 Å². The first-order chi connectivity index (χ1) is 10.1. The van der Waals surface area contributed by atoms with E-state index in [0.29, 0.717) is 18.7 Å². The van der Waals surface area contributed by atoms with Crippen molar-refractivity contribution in [2.45, 2.75) is 13.8 Å². The smallest absolute Gasteiger partial charge is 0.254 e. The van der Waals surface area contributed by atoms with E-state index in [1.54, 1.807) is 44.2 Å². The van der Waals surface area contributed by atoms with E-state index < -0.39 is 0 Å². The minimum Gasteiger partial charge on any atom is -0.355 e. The lowest BCUT2D eigenvalue weighted by molar-refractivity contribution is -0.124. The number of rotatable bonds is 7. The van der Waals surface area contributed by atoms with Crippen molar-refractivity contribution >= 4 is 17.7 Å². The van der Waals surface area contributed by atoms with Crippen molar-refractivity contribution in [2.75, 3.05) is 26.2 Å². The molecular formula is C15H21N3O3. The molecule has 1 aromatic carbocycles. The molecule has 0 aliphatic heterocycles. The summed E-state index contributed by atoms with van der Waals surface area (Å²) in [6.07, 6.45) is 0. The lowest BCUT2D eigenvalue weighted by atomic mass is 10.2. The standard InChI is InChI=1S/C15H21N3O3/c1-3-16-13(19)10-18(11-14(20)17-4-2)15(21)12-8-6-5-7-9-12/h5-9H,3-4,10-11H2,1-2H3,(H,16,19)(H,17,20). The van der Waals surface area contributed by atoms with E-state index in [4.69, 9.17) is 0 Å². The van der Waals surface area contributed by atoms with Crippen molar-refractivity contribution in [1.29, 1.82) is 0 Å². The van der Waals surface area contributed by atoms with Crippen molar-refractivity contribution in [3.05, 3.63) is 35.9 Å². The van der Waals surface area contributed by atoms with Gasteiger partial charge in [0.05, 0.1) is 0 Å². The molecule has 0 fully saturated rings. The van der Waals surface area contributed by atoms with Gasteiger partial charge in [-0.15, -0.1) is 0 Å². The Morgan fingerprint density at radius 1 is 0.905 bits per heavy atom. The number of carbonyl (C=O) groups excluding carboxylic acids is 3. The average Bonchev–Trinajstić information content (AvgIpc) is 2.47. The highest BCUT2D eigenvalue weighted by Crippen LogP contribution is 2.04. The second-order valence-electron chi connectivity index (χ2n) is 4.43. The van der Waals surface area contributed by atoms with Crippen molar-refractivity contribution in [3.63, 3.8) is 0 Å². The fourth-order valence-corrected chi connectivity index (χ4v) is 1.82. The summed E-state index contributed by atoms with van der Waals surface area (Å²) in [7, 11) is 0. The van der Waals surface area contributed by atoms with E-state index in [1.165, 1.54) is 4.90 Å². The first kappa shape index (κ1) is 16.7. The Bertz CT molecular complexity index is 468. The zero-order valence-corrected chi connectivity index (χ0v) is 12.4. The SMILES string of the molecule is CCNC(=O)CN(CC(=O)NCC)C(=O)c1ccccc1. The fourth-order valence-electron chi connectivity index (χ4n) is 1.82. The van der Waals surface area contributed by atoms with E-state index in [2.05, 4.69) is 10.6 Å². The number of nitrogens with zero attached hydrogens (tertiary/aromatic N) is 1. The summed E-state index contributed by atoms with van der Waals surface area (Å²) in [4.78, 5) is 37.0. The summed E-state index contributed by atoms with van der Waals surface area (Å²) < 4.78 is 0. The Labute approximate surface area is 124 Å². The fraction of sp³-hybridized carbons (Fsp3) is 0.400. The molecule has 0 heterocycles. The second-order valence-corrected chi connectivity index (χ2v) is 4.43. The van der Waals surface area contributed by atoms with Crippen LogP contribution in [0.3, 0.4) is 0 Å². The first-order valence-electron chi connectivity index (χ1n) is 6.96. The zero-order valence-electron chi connectivity index (χ0n) is 12.4. The molecular weight excluding hydrogens is 270 g/mol. The van der Waals surface area contributed by atoms with Crippen molar-refractivity contribution in [2.24, 2.45) is 0 Å². The summed E-state index contributed by atoms with van der Waals surface area (Å²) in [6.45, 7) is 4.27. The van der Waals surface area contributed by atoms with Gasteiger partial charge in [-0.2, -0.15) is 0 Å². The molecule has 21 heavy (non-hydrogen) atoms. The van der Waals surface area contributed by atoms with Gasteiger partial charge in [0.2, 0.25) is 11.8 Å². The zero-order chi connectivity index (χ0) is 15.7. The van der Waals surface area contributed by atoms with E-state index in [-0.39, 0.29) is 30.8 Å². The third-order valence-electron chi connectivity index (χ3n) is 2.72. The monoisotopic (exact) mass is 291 g/mol. The maximum Gasteiger partial charge on any atom is 0.254 e. The molecule has 0 radical (unpaired) electrons. The topological polar surface area (TPSA) is 78.5 Å². The Hall–Kier alpha value is -2.37. The van der Waals surface area contributed by atoms with Crippen LogP contribution in [0, 0.1) is 0 Å². The van der Waals surface area contributed by atoms with Crippen LogP contribution in [0.1, 0.15) is 24.2 Å². The van der Waals surface area contributed by atoms with Crippen LogP contribution >= 0.6 is 0 Å². The van der Waals surface area contributed by atoms with Crippen LogP contribution < -0.4 is 10.6 Å². The average molecular weight is 291 g/mol. The molecule has 6 heteroatoms. The molecule has 0 aliphatic rings. The Kier molecular flexibility index (Phi) is 6.94. The van der Waals surface area contributed by atoms with E-state index in [0.717, 1.165) is 0 Å². The highest BCUT2D eigenvalue weighted by Gasteiger charge is 2.20. The van der Waals surface area contributed by atoms with Crippen LogP contribution in [0.5, 0.6) is 0 Å². The highest BCUT2D eigenvalue weighted by molar-refractivity contribution is 5.98. The maximum absolute atomic E-state index is 12.4. The predicted octanol–water partition coefficient (Wildman–Crippen LogP) is 0.401. The number of carbonyl (C=O) groups is 3. The number of hydrogen-bond acceptors (Lipinski definition) is 3. The third-order valence-corrected chi connectivity index (χ3v) is 2.72. The van der Waals surface area contributed by atoms with Crippen LogP contribution in [-0.4, -0.2) is 48.8 Å². The molecule has 0 atom stereocenters. The van der Waals surface area contributed by atoms with Gasteiger partial charge in [0.1, 0.15) is 13.1 Å². The minimum absolute atomic E-state index is 0.140. The summed E-state index contributed by atoms with van der Waals surface area (Å²) in [5.41, 5.74) is 0.450. The van der Waals surface area contributed by atoms with Gasteiger partial charge in [-0.05, 0) is 26.0 Å². The summed E-state index contributed by atoms with van der Waals surface area (Å²) >= 11 is 0. The molecule has 1 aromatic rings. The summed E-state index contributed by atoms with van der Waals surface area (Å²) in [5.74, 6) is -0.912. The molecule has 0 spiro atoms. The van der Waals surface area contributed by atoms with Crippen LogP contribution in [0.4, 0.5) is 0 Å². The molecule has 0 saturated heterocycles. The number of hydrogen-bond donors (Lipinski definition) is 2. The maximum atomic E-state index is 12.4. The van der Waals surface area contributed by atoms with Crippen LogP contribution in [0.2, 0.25) is 0 Å². The van der Waals surface area contributed by atoms with E-state index >= 15 is 0 Å².